The molecule has 1 aliphatic rings. The summed E-state index contributed by atoms with van der Waals surface area (Å²) in [5, 5.41) is 11.5. The molecule has 0 spiro atoms. The lowest BCUT2D eigenvalue weighted by Crippen LogP contribution is -2.33. The summed E-state index contributed by atoms with van der Waals surface area (Å²) in [6.45, 7) is 0.598. The fourth-order valence-electron chi connectivity index (χ4n) is 1.49. The van der Waals surface area contributed by atoms with Gasteiger partial charge >= 0.3 is 0 Å². The molecular formula is C9H6BrN3O. The van der Waals surface area contributed by atoms with E-state index in [0.29, 0.717) is 28.7 Å². The number of amides is 1. The van der Waals surface area contributed by atoms with Crippen molar-refractivity contribution in [3.8, 4) is 6.07 Å². The highest BCUT2D eigenvalue weighted by molar-refractivity contribution is 9.10. The lowest BCUT2D eigenvalue weighted by Gasteiger charge is -2.17. The highest BCUT2D eigenvalue weighted by Gasteiger charge is 2.23. The molecule has 0 saturated heterocycles. The Kier molecular flexibility index (Phi) is 2.22. The maximum absolute atomic E-state index is 11.5. The third-order valence-corrected chi connectivity index (χ3v) is 2.82. The van der Waals surface area contributed by atoms with E-state index in [2.05, 4.69) is 26.2 Å². The first-order valence-electron chi connectivity index (χ1n) is 4.09. The van der Waals surface area contributed by atoms with E-state index in [9.17, 15) is 4.79 Å². The third-order valence-electron chi connectivity index (χ3n) is 2.14. The van der Waals surface area contributed by atoms with Crippen molar-refractivity contribution in [1.29, 1.82) is 5.26 Å². The second kappa shape index (κ2) is 3.39. The Hall–Kier alpha value is -1.41. The molecule has 5 heteroatoms. The molecule has 0 unspecified atom stereocenters. The van der Waals surface area contributed by atoms with E-state index in [1.165, 1.54) is 6.20 Å². The molecule has 0 fully saturated rings. The first-order valence-corrected chi connectivity index (χ1v) is 4.89. The number of pyridine rings is 1. The van der Waals surface area contributed by atoms with E-state index < -0.39 is 0 Å². The van der Waals surface area contributed by atoms with Crippen molar-refractivity contribution < 1.29 is 4.79 Å². The highest BCUT2D eigenvalue weighted by Crippen LogP contribution is 2.23. The second-order valence-corrected chi connectivity index (χ2v) is 3.69. The van der Waals surface area contributed by atoms with Gasteiger partial charge in [0.25, 0.3) is 5.91 Å². The minimum atomic E-state index is -0.189. The molecule has 1 aromatic heterocycles. The van der Waals surface area contributed by atoms with Crippen molar-refractivity contribution >= 4 is 21.8 Å². The van der Waals surface area contributed by atoms with Crippen molar-refractivity contribution in [3.05, 3.63) is 27.5 Å². The fourth-order valence-corrected chi connectivity index (χ4v) is 1.99. The average molecular weight is 252 g/mol. The number of carbonyl (C=O) groups excluding carboxylic acids is 1. The van der Waals surface area contributed by atoms with Crippen molar-refractivity contribution in [1.82, 2.24) is 10.3 Å². The Labute approximate surface area is 89.1 Å². The minimum Gasteiger partial charge on any atom is -0.352 e. The molecule has 0 aromatic carbocycles. The summed E-state index contributed by atoms with van der Waals surface area (Å²) < 4.78 is 0.654. The predicted octanol–water partition coefficient (Wildman–Crippen LogP) is 1.00. The molecule has 2 rings (SSSR count). The van der Waals surface area contributed by atoms with Gasteiger partial charge in [-0.2, -0.15) is 5.26 Å². The zero-order chi connectivity index (χ0) is 10.1. The number of carbonyl (C=O) groups is 1. The number of nitrogens with zero attached hydrogens (tertiary/aromatic N) is 2. The van der Waals surface area contributed by atoms with Crippen molar-refractivity contribution in [2.45, 2.75) is 6.42 Å². The number of hydrogen-bond donors (Lipinski definition) is 1. The summed E-state index contributed by atoms with van der Waals surface area (Å²) in [5.74, 6) is -0.189. The lowest BCUT2D eigenvalue weighted by molar-refractivity contribution is 0.0945. The molecule has 0 aliphatic carbocycles. The van der Waals surface area contributed by atoms with Gasteiger partial charge in [-0.3, -0.25) is 4.79 Å². The van der Waals surface area contributed by atoms with Crippen molar-refractivity contribution in [2.75, 3.05) is 6.54 Å². The van der Waals surface area contributed by atoms with Crippen LogP contribution in [0.2, 0.25) is 0 Å². The maximum atomic E-state index is 11.5. The largest absolute Gasteiger partial charge is 0.352 e. The lowest BCUT2D eigenvalue weighted by atomic mass is 9.99. The van der Waals surface area contributed by atoms with Gasteiger partial charge in [0.05, 0.1) is 11.1 Å². The van der Waals surface area contributed by atoms with Crippen LogP contribution in [0.25, 0.3) is 0 Å². The van der Waals surface area contributed by atoms with Crippen LogP contribution in [0.4, 0.5) is 0 Å². The molecule has 0 bridgehead atoms. The Morgan fingerprint density at radius 1 is 1.64 bits per heavy atom. The molecule has 1 aromatic rings. The molecule has 0 atom stereocenters. The van der Waals surface area contributed by atoms with Crippen LogP contribution in [0.1, 0.15) is 21.5 Å². The molecule has 1 aliphatic heterocycles. The van der Waals surface area contributed by atoms with Crippen LogP contribution in [0, 0.1) is 11.3 Å². The highest BCUT2D eigenvalue weighted by atomic mass is 79.9. The molecule has 1 N–H and O–H groups in total. The van der Waals surface area contributed by atoms with Gasteiger partial charge in [-0.1, -0.05) is 0 Å². The van der Waals surface area contributed by atoms with E-state index in [1.54, 1.807) is 0 Å². The standard InChI is InChI=1S/C9H6BrN3O/c10-8-6-1-2-12-9(14)7(6)5(3-11)4-13-8/h4H,1-2H2,(H,12,14). The number of nitrogens with one attached hydrogen (secondary N) is 1. The van der Waals surface area contributed by atoms with E-state index in [4.69, 9.17) is 5.26 Å². The Morgan fingerprint density at radius 3 is 3.14 bits per heavy atom. The van der Waals surface area contributed by atoms with Crippen LogP contribution < -0.4 is 5.32 Å². The fraction of sp³-hybridized carbons (Fsp3) is 0.222. The summed E-state index contributed by atoms with van der Waals surface area (Å²) in [4.78, 5) is 15.5. The SMILES string of the molecule is N#Cc1cnc(Br)c2c1C(=O)NCC2. The van der Waals surface area contributed by atoms with Gasteiger partial charge < -0.3 is 5.32 Å². The summed E-state index contributed by atoms with van der Waals surface area (Å²) in [7, 11) is 0. The van der Waals surface area contributed by atoms with E-state index in [0.717, 1.165) is 5.56 Å². The predicted molar refractivity (Wildman–Crippen MR) is 52.7 cm³/mol. The van der Waals surface area contributed by atoms with Gasteiger partial charge in [0.1, 0.15) is 10.7 Å². The smallest absolute Gasteiger partial charge is 0.253 e. The monoisotopic (exact) mass is 251 g/mol. The normalized spacial score (nSPS) is 14.1. The van der Waals surface area contributed by atoms with Crippen LogP contribution in [-0.2, 0) is 6.42 Å². The van der Waals surface area contributed by atoms with Crippen LogP contribution in [-0.4, -0.2) is 17.4 Å². The summed E-state index contributed by atoms with van der Waals surface area (Å²) in [6.07, 6.45) is 2.12. The topological polar surface area (TPSA) is 65.8 Å². The van der Waals surface area contributed by atoms with E-state index in [-0.39, 0.29) is 5.91 Å². The van der Waals surface area contributed by atoms with Gasteiger partial charge in [0.15, 0.2) is 0 Å². The zero-order valence-corrected chi connectivity index (χ0v) is 8.76. The van der Waals surface area contributed by atoms with Crippen LogP contribution >= 0.6 is 15.9 Å². The number of halogens is 1. The average Bonchev–Trinajstić information content (AvgIpc) is 2.20. The molecule has 0 radical (unpaired) electrons. The number of aromatic nitrogens is 1. The van der Waals surface area contributed by atoms with Crippen LogP contribution in [0.5, 0.6) is 0 Å². The molecule has 14 heavy (non-hydrogen) atoms. The van der Waals surface area contributed by atoms with Crippen molar-refractivity contribution in [2.24, 2.45) is 0 Å². The van der Waals surface area contributed by atoms with Crippen LogP contribution in [0.15, 0.2) is 10.8 Å². The second-order valence-electron chi connectivity index (χ2n) is 2.93. The first kappa shape index (κ1) is 9.16. The summed E-state index contributed by atoms with van der Waals surface area (Å²) in [5.41, 5.74) is 1.62. The Balaban J connectivity index is 2.72. The van der Waals surface area contributed by atoms with Crippen molar-refractivity contribution in [3.63, 3.8) is 0 Å². The third kappa shape index (κ3) is 1.28. The van der Waals surface area contributed by atoms with Gasteiger partial charge in [0.2, 0.25) is 0 Å². The van der Waals surface area contributed by atoms with Gasteiger partial charge in [-0.25, -0.2) is 4.98 Å². The van der Waals surface area contributed by atoms with Gasteiger partial charge in [-0.05, 0) is 22.4 Å². The number of hydrogen-bond acceptors (Lipinski definition) is 3. The molecule has 0 saturated carbocycles. The summed E-state index contributed by atoms with van der Waals surface area (Å²) in [6, 6.07) is 1.97. The quantitative estimate of drug-likeness (QED) is 0.700. The summed E-state index contributed by atoms with van der Waals surface area (Å²) >= 11 is 3.27. The molecule has 1 amide bonds. The molecule has 2 heterocycles. The molecular weight excluding hydrogens is 246 g/mol. The Morgan fingerprint density at radius 2 is 2.43 bits per heavy atom. The van der Waals surface area contributed by atoms with Crippen LogP contribution in [0.3, 0.4) is 0 Å². The van der Waals surface area contributed by atoms with E-state index >= 15 is 0 Å². The van der Waals surface area contributed by atoms with Gasteiger partial charge in [-0.15, -0.1) is 0 Å². The first-order chi connectivity index (χ1) is 6.74. The Bertz CT molecular complexity index is 450. The number of nitriles is 1. The number of fused-ring (bicyclic) bond motifs is 1. The molecule has 70 valence electrons. The molecule has 4 nitrogen and oxygen atoms in total. The minimum absolute atomic E-state index is 0.189. The maximum Gasteiger partial charge on any atom is 0.253 e. The van der Waals surface area contributed by atoms with E-state index in [1.807, 2.05) is 6.07 Å². The number of rotatable bonds is 0. The van der Waals surface area contributed by atoms with Gasteiger partial charge in [0, 0.05) is 18.3 Å². The zero-order valence-electron chi connectivity index (χ0n) is 7.17.